The fourth-order valence-corrected chi connectivity index (χ4v) is 5.98. The van der Waals surface area contributed by atoms with Crippen LogP contribution in [0.25, 0.3) is 0 Å². The van der Waals surface area contributed by atoms with Crippen molar-refractivity contribution >= 4 is 0 Å². The van der Waals surface area contributed by atoms with E-state index in [1.54, 1.807) is 0 Å². The van der Waals surface area contributed by atoms with Crippen LogP contribution in [0.4, 0.5) is 0 Å². The second-order valence-electron chi connectivity index (χ2n) is 12.1. The first-order chi connectivity index (χ1) is 17.4. The summed E-state index contributed by atoms with van der Waals surface area (Å²) in [5, 5.41) is 0. The SMILES string of the molecule is CCCCCCCCCC=C1CCCCCCCCCCCCCCCCCCCCCCCC1. The highest BCUT2D eigenvalue weighted by Crippen LogP contribution is 2.21. The third-order valence-electron chi connectivity index (χ3n) is 8.49. The molecule has 0 aliphatic heterocycles. The molecule has 1 rings (SSSR count). The first-order valence-corrected chi connectivity index (χ1v) is 17.1. The summed E-state index contributed by atoms with van der Waals surface area (Å²) in [5.41, 5.74) is 1.82. The summed E-state index contributed by atoms with van der Waals surface area (Å²) >= 11 is 0. The zero-order chi connectivity index (χ0) is 24.9. The molecule has 0 amide bonds. The summed E-state index contributed by atoms with van der Waals surface area (Å²) in [6.07, 6.45) is 49.5. The predicted octanol–water partition coefficient (Wildman–Crippen LogP) is 13.4. The monoisotopic (exact) mass is 489 g/mol. The van der Waals surface area contributed by atoms with E-state index in [1.165, 1.54) is 205 Å². The van der Waals surface area contributed by atoms with E-state index in [1.807, 2.05) is 5.57 Å². The zero-order valence-electron chi connectivity index (χ0n) is 24.7. The first kappa shape index (κ1) is 32.8. The molecular formula is C35H68. The molecule has 208 valence electrons. The van der Waals surface area contributed by atoms with E-state index < -0.39 is 0 Å². The predicted molar refractivity (Wildman–Crippen MR) is 162 cm³/mol. The lowest BCUT2D eigenvalue weighted by molar-refractivity contribution is 0.520. The Labute approximate surface area is 223 Å². The Kier molecular flexibility index (Phi) is 26.5. The van der Waals surface area contributed by atoms with Crippen LogP contribution in [0.15, 0.2) is 11.6 Å². The lowest BCUT2D eigenvalue weighted by atomic mass is 9.97. The van der Waals surface area contributed by atoms with Gasteiger partial charge in [0, 0.05) is 0 Å². The van der Waals surface area contributed by atoms with Crippen molar-refractivity contribution in [3.8, 4) is 0 Å². The van der Waals surface area contributed by atoms with Gasteiger partial charge in [-0.25, -0.2) is 0 Å². The molecule has 0 aromatic carbocycles. The second kappa shape index (κ2) is 28.3. The van der Waals surface area contributed by atoms with Crippen molar-refractivity contribution in [2.24, 2.45) is 0 Å². The minimum absolute atomic E-state index is 1.35. The van der Waals surface area contributed by atoms with E-state index in [2.05, 4.69) is 13.0 Å². The maximum absolute atomic E-state index is 2.68. The summed E-state index contributed by atoms with van der Waals surface area (Å²) in [5.74, 6) is 0. The van der Waals surface area contributed by atoms with Crippen LogP contribution in [0, 0.1) is 0 Å². The summed E-state index contributed by atoms with van der Waals surface area (Å²) in [4.78, 5) is 0. The Bertz CT molecular complexity index is 392. The van der Waals surface area contributed by atoms with Gasteiger partial charge in [-0.05, 0) is 38.5 Å². The van der Waals surface area contributed by atoms with E-state index in [0.717, 1.165) is 0 Å². The highest BCUT2D eigenvalue weighted by molar-refractivity contribution is 5.02. The quantitative estimate of drug-likeness (QED) is 0.235. The lowest BCUT2D eigenvalue weighted by Gasteiger charge is -2.09. The third-order valence-corrected chi connectivity index (χ3v) is 8.49. The van der Waals surface area contributed by atoms with Gasteiger partial charge < -0.3 is 0 Å². The summed E-state index contributed by atoms with van der Waals surface area (Å²) in [7, 11) is 0. The van der Waals surface area contributed by atoms with Crippen LogP contribution in [0.1, 0.15) is 212 Å². The Morgan fingerprint density at radius 1 is 0.371 bits per heavy atom. The molecule has 0 bridgehead atoms. The van der Waals surface area contributed by atoms with Gasteiger partial charge >= 0.3 is 0 Å². The van der Waals surface area contributed by atoms with Crippen molar-refractivity contribution in [3.63, 3.8) is 0 Å². The molecular weight excluding hydrogens is 420 g/mol. The first-order valence-electron chi connectivity index (χ1n) is 17.1. The lowest BCUT2D eigenvalue weighted by Crippen LogP contribution is -1.89. The van der Waals surface area contributed by atoms with Crippen molar-refractivity contribution in [1.82, 2.24) is 0 Å². The number of unbranched alkanes of at least 4 members (excludes halogenated alkanes) is 7. The average Bonchev–Trinajstić information content (AvgIpc) is 2.87. The standard InChI is InChI=1S/C35H68/c1-2-3-4-5-6-23-26-29-32-35-33-30-27-24-21-19-17-15-13-11-9-7-8-10-12-14-16-18-20-22-25-28-31-34-35/h32H,2-31,33-34H2,1H3. The van der Waals surface area contributed by atoms with Crippen LogP contribution < -0.4 is 0 Å². The van der Waals surface area contributed by atoms with Gasteiger partial charge in [-0.15, -0.1) is 0 Å². The topological polar surface area (TPSA) is 0 Å². The van der Waals surface area contributed by atoms with Crippen molar-refractivity contribution in [1.29, 1.82) is 0 Å². The number of hydrogen-bond donors (Lipinski definition) is 0. The van der Waals surface area contributed by atoms with E-state index in [0.29, 0.717) is 0 Å². The normalized spacial score (nSPS) is 20.5. The van der Waals surface area contributed by atoms with Crippen LogP contribution in [0.2, 0.25) is 0 Å². The van der Waals surface area contributed by atoms with Gasteiger partial charge in [0.15, 0.2) is 0 Å². The molecule has 0 aromatic rings. The molecule has 1 aliphatic rings. The fraction of sp³-hybridized carbons (Fsp3) is 0.943. The Balaban J connectivity index is 2.27. The van der Waals surface area contributed by atoms with Crippen LogP contribution >= 0.6 is 0 Å². The summed E-state index contributed by atoms with van der Waals surface area (Å²) < 4.78 is 0. The molecule has 0 saturated heterocycles. The van der Waals surface area contributed by atoms with Gasteiger partial charge in [0.1, 0.15) is 0 Å². The molecule has 0 spiro atoms. The molecule has 0 nitrogen and oxygen atoms in total. The smallest absolute Gasteiger partial charge is 0.0320 e. The van der Waals surface area contributed by atoms with Crippen LogP contribution in [0.3, 0.4) is 0 Å². The van der Waals surface area contributed by atoms with Crippen LogP contribution in [-0.2, 0) is 0 Å². The molecule has 1 saturated carbocycles. The molecule has 1 fully saturated rings. The fourth-order valence-electron chi connectivity index (χ4n) is 5.98. The molecule has 1 aliphatic carbocycles. The van der Waals surface area contributed by atoms with Crippen molar-refractivity contribution in [2.45, 2.75) is 212 Å². The van der Waals surface area contributed by atoms with Gasteiger partial charge in [0.25, 0.3) is 0 Å². The van der Waals surface area contributed by atoms with Gasteiger partial charge in [0.2, 0.25) is 0 Å². The summed E-state index contributed by atoms with van der Waals surface area (Å²) in [6.45, 7) is 2.32. The Morgan fingerprint density at radius 3 is 1.00 bits per heavy atom. The minimum Gasteiger partial charge on any atom is -0.0853 e. The number of hydrogen-bond acceptors (Lipinski definition) is 0. The maximum Gasteiger partial charge on any atom is -0.0320 e. The highest BCUT2D eigenvalue weighted by atomic mass is 14.1. The van der Waals surface area contributed by atoms with E-state index >= 15 is 0 Å². The van der Waals surface area contributed by atoms with Crippen LogP contribution in [-0.4, -0.2) is 0 Å². The van der Waals surface area contributed by atoms with E-state index in [9.17, 15) is 0 Å². The van der Waals surface area contributed by atoms with Gasteiger partial charge in [0.05, 0.1) is 0 Å². The summed E-state index contributed by atoms with van der Waals surface area (Å²) in [6, 6.07) is 0. The maximum atomic E-state index is 2.68. The van der Waals surface area contributed by atoms with Gasteiger partial charge in [-0.1, -0.05) is 186 Å². The molecule has 0 radical (unpaired) electrons. The van der Waals surface area contributed by atoms with Crippen molar-refractivity contribution in [2.75, 3.05) is 0 Å². The molecule has 0 heteroatoms. The highest BCUT2D eigenvalue weighted by Gasteiger charge is 2.01. The molecule has 0 N–H and O–H groups in total. The molecule has 0 unspecified atom stereocenters. The van der Waals surface area contributed by atoms with Crippen molar-refractivity contribution in [3.05, 3.63) is 11.6 Å². The third kappa shape index (κ3) is 25.2. The van der Waals surface area contributed by atoms with Gasteiger partial charge in [-0.2, -0.15) is 0 Å². The average molecular weight is 489 g/mol. The molecule has 0 heterocycles. The molecule has 0 atom stereocenters. The Hall–Kier alpha value is -0.260. The molecule has 0 aromatic heterocycles. The van der Waals surface area contributed by atoms with Gasteiger partial charge in [-0.3, -0.25) is 0 Å². The zero-order valence-corrected chi connectivity index (χ0v) is 24.7. The van der Waals surface area contributed by atoms with E-state index in [4.69, 9.17) is 0 Å². The minimum atomic E-state index is 1.35. The molecule has 35 heavy (non-hydrogen) atoms. The number of rotatable bonds is 8. The van der Waals surface area contributed by atoms with E-state index in [-0.39, 0.29) is 0 Å². The Morgan fingerprint density at radius 2 is 0.657 bits per heavy atom. The second-order valence-corrected chi connectivity index (χ2v) is 12.1. The van der Waals surface area contributed by atoms with Crippen LogP contribution in [0.5, 0.6) is 0 Å². The number of allylic oxidation sites excluding steroid dienone is 2. The van der Waals surface area contributed by atoms with Crippen molar-refractivity contribution < 1.29 is 0 Å². The largest absolute Gasteiger partial charge is 0.0853 e.